The Morgan fingerprint density at radius 1 is 1.41 bits per heavy atom. The van der Waals surface area contributed by atoms with Gasteiger partial charge in [0.15, 0.2) is 0 Å². The molecule has 0 aliphatic carbocycles. The molecule has 0 aromatic heterocycles. The predicted octanol–water partition coefficient (Wildman–Crippen LogP) is 1.71. The third-order valence-corrected chi connectivity index (χ3v) is 5.91. The molecule has 0 spiro atoms. The number of ether oxygens (including phenoxy) is 1. The van der Waals surface area contributed by atoms with Gasteiger partial charge in [0.1, 0.15) is 5.75 Å². The van der Waals surface area contributed by atoms with Crippen LogP contribution in [-0.4, -0.2) is 34.2 Å². The van der Waals surface area contributed by atoms with E-state index in [0.29, 0.717) is 17.4 Å². The van der Waals surface area contributed by atoms with Crippen molar-refractivity contribution >= 4 is 22.4 Å². The van der Waals surface area contributed by atoms with E-state index >= 15 is 0 Å². The summed E-state index contributed by atoms with van der Waals surface area (Å²) in [5.41, 5.74) is 0.977. The molecule has 2 N–H and O–H groups in total. The first-order valence-electron chi connectivity index (χ1n) is 7.55. The van der Waals surface area contributed by atoms with Gasteiger partial charge in [0.25, 0.3) is 0 Å². The van der Waals surface area contributed by atoms with E-state index in [1.54, 1.807) is 18.2 Å². The van der Waals surface area contributed by atoms with Crippen LogP contribution in [0.3, 0.4) is 0 Å². The van der Waals surface area contributed by atoms with Crippen LogP contribution in [-0.2, 0) is 16.4 Å². The molecular weight excluding hydrogens is 324 g/mol. The van der Waals surface area contributed by atoms with Gasteiger partial charge in [0.05, 0.1) is 11.5 Å². The highest BCUT2D eigenvalue weighted by Crippen LogP contribution is 2.28. The van der Waals surface area contributed by atoms with E-state index in [1.807, 2.05) is 6.92 Å². The minimum absolute atomic E-state index is 0. The summed E-state index contributed by atoms with van der Waals surface area (Å²) in [6.45, 7) is 4.49. The second-order valence-electron chi connectivity index (χ2n) is 5.88. The molecule has 0 amide bonds. The van der Waals surface area contributed by atoms with Crippen molar-refractivity contribution in [2.75, 3.05) is 19.7 Å². The van der Waals surface area contributed by atoms with Gasteiger partial charge < -0.3 is 10.1 Å². The summed E-state index contributed by atoms with van der Waals surface area (Å²) in [5.74, 6) is 1.16. The van der Waals surface area contributed by atoms with Crippen LogP contribution in [0.1, 0.15) is 25.3 Å². The van der Waals surface area contributed by atoms with Crippen molar-refractivity contribution in [3.63, 3.8) is 0 Å². The first kappa shape index (κ1) is 17.5. The predicted molar refractivity (Wildman–Crippen MR) is 88.3 cm³/mol. The van der Waals surface area contributed by atoms with Crippen molar-refractivity contribution in [3.8, 4) is 5.75 Å². The molecule has 1 aromatic rings. The minimum atomic E-state index is -3.46. The Kier molecular flexibility index (Phi) is 5.71. The zero-order valence-electron chi connectivity index (χ0n) is 12.7. The van der Waals surface area contributed by atoms with Crippen molar-refractivity contribution in [3.05, 3.63) is 23.8 Å². The van der Waals surface area contributed by atoms with Crippen LogP contribution >= 0.6 is 12.4 Å². The highest BCUT2D eigenvalue weighted by molar-refractivity contribution is 7.89. The van der Waals surface area contributed by atoms with E-state index < -0.39 is 10.0 Å². The van der Waals surface area contributed by atoms with E-state index in [1.165, 1.54) is 0 Å². The maximum atomic E-state index is 12.5. The molecule has 0 saturated carbocycles. The highest BCUT2D eigenvalue weighted by Gasteiger charge is 2.26. The number of nitrogens with one attached hydrogen (secondary N) is 2. The summed E-state index contributed by atoms with van der Waals surface area (Å²) in [7, 11) is -3.46. The van der Waals surface area contributed by atoms with Gasteiger partial charge in [-0.05, 0) is 62.5 Å². The normalized spacial score (nSPS) is 22.3. The number of piperidine rings is 1. The molecule has 1 fully saturated rings. The van der Waals surface area contributed by atoms with Gasteiger partial charge >= 0.3 is 0 Å². The summed E-state index contributed by atoms with van der Waals surface area (Å²) in [6, 6.07) is 5.05. The quantitative estimate of drug-likeness (QED) is 0.871. The number of halogens is 1. The number of sulfonamides is 1. The zero-order chi connectivity index (χ0) is 14.9. The monoisotopic (exact) mass is 346 g/mol. The van der Waals surface area contributed by atoms with Crippen molar-refractivity contribution in [1.29, 1.82) is 0 Å². The Balaban J connectivity index is 0.00000176. The summed E-state index contributed by atoms with van der Waals surface area (Å²) in [6.07, 6.45) is 2.95. The first-order chi connectivity index (χ1) is 10.1. The molecule has 5 nitrogen and oxygen atoms in total. The summed E-state index contributed by atoms with van der Waals surface area (Å²) in [4.78, 5) is 0.336. The molecule has 2 aliphatic heterocycles. The third-order valence-electron chi connectivity index (χ3n) is 4.35. The van der Waals surface area contributed by atoms with Crippen LogP contribution in [0.15, 0.2) is 23.1 Å². The lowest BCUT2D eigenvalue weighted by Gasteiger charge is -2.28. The van der Waals surface area contributed by atoms with E-state index in [0.717, 1.165) is 43.7 Å². The van der Waals surface area contributed by atoms with Gasteiger partial charge in [-0.3, -0.25) is 0 Å². The lowest BCUT2D eigenvalue weighted by Crippen LogP contribution is -2.44. The van der Waals surface area contributed by atoms with Crippen molar-refractivity contribution in [2.45, 2.75) is 37.1 Å². The van der Waals surface area contributed by atoms with Crippen molar-refractivity contribution in [2.24, 2.45) is 5.92 Å². The van der Waals surface area contributed by atoms with Crippen LogP contribution in [0, 0.1) is 5.92 Å². The Morgan fingerprint density at radius 3 is 2.95 bits per heavy atom. The van der Waals surface area contributed by atoms with Crippen LogP contribution in [0.2, 0.25) is 0 Å². The molecule has 7 heteroatoms. The summed E-state index contributed by atoms with van der Waals surface area (Å²) < 4.78 is 33.3. The molecule has 3 rings (SSSR count). The molecule has 2 aliphatic rings. The Hall–Kier alpha value is -0.820. The fourth-order valence-corrected chi connectivity index (χ4v) is 4.41. The Morgan fingerprint density at radius 2 is 2.23 bits per heavy atom. The summed E-state index contributed by atoms with van der Waals surface area (Å²) in [5, 5.41) is 3.32. The van der Waals surface area contributed by atoms with E-state index in [2.05, 4.69) is 10.0 Å². The molecule has 2 atom stereocenters. The molecular formula is C15H23ClN2O3S. The number of benzene rings is 1. The summed E-state index contributed by atoms with van der Waals surface area (Å²) >= 11 is 0. The largest absolute Gasteiger partial charge is 0.493 e. The fourth-order valence-electron chi connectivity index (χ4n) is 3.04. The third kappa shape index (κ3) is 3.74. The van der Waals surface area contributed by atoms with E-state index in [-0.39, 0.29) is 18.4 Å². The molecule has 2 unspecified atom stereocenters. The van der Waals surface area contributed by atoms with Gasteiger partial charge in [-0.2, -0.15) is 0 Å². The average Bonchev–Trinajstić information content (AvgIpc) is 2.95. The first-order valence-corrected chi connectivity index (χ1v) is 9.03. The van der Waals surface area contributed by atoms with Crippen molar-refractivity contribution < 1.29 is 13.2 Å². The van der Waals surface area contributed by atoms with Gasteiger partial charge in [-0.15, -0.1) is 12.4 Å². The lowest BCUT2D eigenvalue weighted by atomic mass is 9.94. The fraction of sp³-hybridized carbons (Fsp3) is 0.600. The standard InChI is InChI=1S/C15H22N2O3S.ClH/c1-11(13-3-2-7-16-10-13)17-21(18,19)14-4-5-15-12(9-14)6-8-20-15;/h4-5,9,11,13,16-17H,2-3,6-8,10H2,1H3;1H. The Bertz CT molecular complexity index is 615. The average molecular weight is 347 g/mol. The molecule has 2 heterocycles. The lowest BCUT2D eigenvalue weighted by molar-refractivity contribution is 0.320. The van der Waals surface area contributed by atoms with Gasteiger partial charge in [-0.1, -0.05) is 0 Å². The van der Waals surface area contributed by atoms with E-state index in [9.17, 15) is 8.42 Å². The second-order valence-corrected chi connectivity index (χ2v) is 7.60. The maximum absolute atomic E-state index is 12.5. The van der Waals surface area contributed by atoms with Crippen LogP contribution < -0.4 is 14.8 Å². The molecule has 0 radical (unpaired) electrons. The van der Waals surface area contributed by atoms with Gasteiger partial charge in [0, 0.05) is 12.5 Å². The maximum Gasteiger partial charge on any atom is 0.240 e. The second kappa shape index (κ2) is 7.17. The highest BCUT2D eigenvalue weighted by atomic mass is 35.5. The van der Waals surface area contributed by atoms with Crippen LogP contribution in [0.25, 0.3) is 0 Å². The molecule has 0 bridgehead atoms. The zero-order valence-corrected chi connectivity index (χ0v) is 14.3. The smallest absolute Gasteiger partial charge is 0.240 e. The number of rotatable bonds is 4. The van der Waals surface area contributed by atoms with Crippen molar-refractivity contribution in [1.82, 2.24) is 10.0 Å². The molecule has 1 saturated heterocycles. The SMILES string of the molecule is CC(NS(=O)(=O)c1ccc2c(c1)CCO2)C1CCCNC1.Cl. The number of hydrogen-bond acceptors (Lipinski definition) is 4. The number of hydrogen-bond donors (Lipinski definition) is 2. The topological polar surface area (TPSA) is 67.4 Å². The number of fused-ring (bicyclic) bond motifs is 1. The molecule has 22 heavy (non-hydrogen) atoms. The molecule has 124 valence electrons. The van der Waals surface area contributed by atoms with Crippen LogP contribution in [0.4, 0.5) is 0 Å². The van der Waals surface area contributed by atoms with Gasteiger partial charge in [0.2, 0.25) is 10.0 Å². The Labute approximate surface area is 138 Å². The van der Waals surface area contributed by atoms with Crippen LogP contribution in [0.5, 0.6) is 5.75 Å². The van der Waals surface area contributed by atoms with Gasteiger partial charge in [-0.25, -0.2) is 13.1 Å². The van der Waals surface area contributed by atoms with E-state index in [4.69, 9.17) is 4.74 Å². The molecule has 1 aromatic carbocycles. The minimum Gasteiger partial charge on any atom is -0.493 e.